The molecule has 2 unspecified atom stereocenters. The van der Waals surface area contributed by atoms with Gasteiger partial charge in [-0.25, -0.2) is 0 Å². The van der Waals surface area contributed by atoms with Crippen LogP contribution in [0.25, 0.3) is 0 Å². The molecule has 0 heterocycles. The number of nitrogens with two attached hydrogens (primary N) is 3. The van der Waals surface area contributed by atoms with E-state index in [4.69, 9.17) is 22.3 Å². The molecule has 1 aromatic rings. The van der Waals surface area contributed by atoms with Crippen molar-refractivity contribution in [3.63, 3.8) is 0 Å². The summed E-state index contributed by atoms with van der Waals surface area (Å²) in [5.74, 6) is -3.21. The van der Waals surface area contributed by atoms with Crippen molar-refractivity contribution in [3.8, 4) is 5.75 Å². The highest BCUT2D eigenvalue weighted by Crippen LogP contribution is 2.11. The van der Waals surface area contributed by atoms with Crippen molar-refractivity contribution in [2.45, 2.75) is 31.3 Å². The third kappa shape index (κ3) is 10.8. The van der Waals surface area contributed by atoms with Crippen molar-refractivity contribution in [1.29, 1.82) is 0 Å². The first-order valence-corrected chi connectivity index (χ1v) is 9.74. The predicted octanol–water partition coefficient (Wildman–Crippen LogP) is -2.88. The predicted molar refractivity (Wildman–Crippen MR) is 115 cm³/mol. The van der Waals surface area contributed by atoms with E-state index >= 15 is 0 Å². The van der Waals surface area contributed by atoms with E-state index in [9.17, 15) is 24.3 Å². The van der Waals surface area contributed by atoms with E-state index in [0.29, 0.717) is 24.9 Å². The molecule has 0 fully saturated rings. The van der Waals surface area contributed by atoms with E-state index in [0.717, 1.165) is 0 Å². The van der Waals surface area contributed by atoms with Crippen molar-refractivity contribution < 1.29 is 29.4 Å². The third-order valence-electron chi connectivity index (χ3n) is 4.17. The summed E-state index contributed by atoms with van der Waals surface area (Å²) in [7, 11) is 0. The van der Waals surface area contributed by atoms with Gasteiger partial charge < -0.3 is 43.4 Å². The molecule has 0 spiro atoms. The van der Waals surface area contributed by atoms with Gasteiger partial charge in [-0.05, 0) is 30.5 Å². The van der Waals surface area contributed by atoms with E-state index in [1.807, 2.05) is 0 Å². The van der Waals surface area contributed by atoms with Gasteiger partial charge >= 0.3 is 5.97 Å². The quantitative estimate of drug-likeness (QED) is 0.0871. The van der Waals surface area contributed by atoms with Crippen LogP contribution in [0.4, 0.5) is 0 Å². The molecule has 32 heavy (non-hydrogen) atoms. The van der Waals surface area contributed by atoms with Crippen LogP contribution in [0.1, 0.15) is 18.4 Å². The monoisotopic (exact) mass is 451 g/mol. The van der Waals surface area contributed by atoms with Crippen molar-refractivity contribution >= 4 is 29.7 Å². The molecule has 13 heteroatoms. The Morgan fingerprint density at radius 2 is 1.62 bits per heavy atom. The second-order valence-electron chi connectivity index (χ2n) is 6.88. The van der Waals surface area contributed by atoms with Gasteiger partial charge in [-0.15, -0.1) is 0 Å². The number of rotatable bonds is 13. The average Bonchev–Trinajstić information content (AvgIpc) is 2.73. The highest BCUT2D eigenvalue weighted by atomic mass is 16.4. The highest BCUT2D eigenvalue weighted by molar-refractivity contribution is 5.92. The molecule has 13 nitrogen and oxygen atoms in total. The number of phenols is 1. The number of aromatic hydroxyl groups is 1. The number of guanidine groups is 1. The maximum absolute atomic E-state index is 12.3. The molecule has 0 saturated heterocycles. The molecule has 1 aromatic carbocycles. The van der Waals surface area contributed by atoms with Gasteiger partial charge in [0.1, 0.15) is 18.3 Å². The van der Waals surface area contributed by atoms with Crippen LogP contribution in [0.15, 0.2) is 29.3 Å². The Morgan fingerprint density at radius 1 is 1.00 bits per heavy atom. The molecule has 11 N–H and O–H groups in total. The number of hydrogen-bond acceptors (Lipinski definition) is 7. The number of carbonyl (C=O) groups is 4. The lowest BCUT2D eigenvalue weighted by Crippen LogP contribution is -2.52. The summed E-state index contributed by atoms with van der Waals surface area (Å²) >= 11 is 0. The molecule has 0 aliphatic rings. The van der Waals surface area contributed by atoms with Gasteiger partial charge in [-0.2, -0.15) is 0 Å². The summed E-state index contributed by atoms with van der Waals surface area (Å²) in [5, 5.41) is 25.1. The van der Waals surface area contributed by atoms with E-state index in [1.165, 1.54) is 12.1 Å². The summed E-state index contributed by atoms with van der Waals surface area (Å²) in [6, 6.07) is 3.97. The van der Waals surface area contributed by atoms with Crippen molar-refractivity contribution in [2.24, 2.45) is 22.2 Å². The molecule has 1 rings (SSSR count). The molecule has 0 aromatic heterocycles. The van der Waals surface area contributed by atoms with Crippen LogP contribution in [0, 0.1) is 0 Å². The topological polar surface area (TPSA) is 235 Å². The van der Waals surface area contributed by atoms with Crippen LogP contribution in [0.5, 0.6) is 5.75 Å². The lowest BCUT2D eigenvalue weighted by Gasteiger charge is -2.19. The normalized spacial score (nSPS) is 12.2. The lowest BCUT2D eigenvalue weighted by molar-refractivity contribution is -0.138. The summed E-state index contributed by atoms with van der Waals surface area (Å²) in [4.78, 5) is 51.1. The van der Waals surface area contributed by atoms with Crippen LogP contribution < -0.4 is 33.2 Å². The number of aliphatic carboxylic acids is 1. The number of carboxylic acid groups (broad SMARTS) is 1. The summed E-state index contributed by atoms with van der Waals surface area (Å²) in [6.07, 6.45) is 0.804. The zero-order valence-corrected chi connectivity index (χ0v) is 17.4. The standard InChI is InChI=1S/C19H29N7O6/c20-13(2-1-7-23-19(21)22)17(31)24-9-15(28)26-14(18(32)25-10-16(29)30)8-11-3-5-12(27)6-4-11/h3-6,13-14,27H,1-2,7-10,20H2,(H,24,31)(H,25,32)(H,26,28)(H,29,30)(H4,21,22,23). The third-order valence-corrected chi connectivity index (χ3v) is 4.17. The summed E-state index contributed by atoms with van der Waals surface area (Å²) in [5.41, 5.74) is 16.8. The number of nitrogens with one attached hydrogen (secondary N) is 3. The fourth-order valence-corrected chi connectivity index (χ4v) is 2.56. The van der Waals surface area contributed by atoms with E-state index in [-0.39, 0.29) is 18.1 Å². The van der Waals surface area contributed by atoms with Gasteiger partial charge in [-0.1, -0.05) is 12.1 Å². The largest absolute Gasteiger partial charge is 0.508 e. The molecule has 0 aliphatic carbocycles. The smallest absolute Gasteiger partial charge is 0.322 e. The Balaban J connectivity index is 2.61. The maximum atomic E-state index is 12.3. The highest BCUT2D eigenvalue weighted by Gasteiger charge is 2.22. The first-order chi connectivity index (χ1) is 15.1. The number of amides is 3. The average molecular weight is 451 g/mol. The van der Waals surface area contributed by atoms with Gasteiger partial charge in [-0.3, -0.25) is 24.2 Å². The maximum Gasteiger partial charge on any atom is 0.322 e. The zero-order chi connectivity index (χ0) is 24.1. The van der Waals surface area contributed by atoms with Crippen molar-refractivity contribution in [2.75, 3.05) is 19.6 Å². The molecule has 2 atom stereocenters. The van der Waals surface area contributed by atoms with Crippen LogP contribution in [-0.2, 0) is 25.6 Å². The Kier molecular flexibility index (Phi) is 11.0. The van der Waals surface area contributed by atoms with Gasteiger partial charge in [0, 0.05) is 13.0 Å². The van der Waals surface area contributed by atoms with Crippen LogP contribution in [-0.4, -0.2) is 71.6 Å². The summed E-state index contributed by atoms with van der Waals surface area (Å²) < 4.78 is 0. The minimum atomic E-state index is -1.24. The minimum Gasteiger partial charge on any atom is -0.508 e. The zero-order valence-electron chi connectivity index (χ0n) is 17.4. The number of aliphatic imine (C=N–C) groups is 1. The fraction of sp³-hybridized carbons (Fsp3) is 0.421. The molecule has 0 radical (unpaired) electrons. The Labute approximate surface area is 184 Å². The molecule has 0 saturated carbocycles. The number of carboxylic acids is 1. The summed E-state index contributed by atoms with van der Waals surface area (Å²) in [6.45, 7) is -0.737. The molecule has 0 bridgehead atoms. The number of nitrogens with zero attached hydrogens (tertiary/aromatic N) is 1. The Morgan fingerprint density at radius 3 is 2.22 bits per heavy atom. The van der Waals surface area contributed by atoms with Gasteiger partial charge in [0.15, 0.2) is 5.96 Å². The lowest BCUT2D eigenvalue weighted by atomic mass is 10.0. The van der Waals surface area contributed by atoms with Crippen LogP contribution in [0.3, 0.4) is 0 Å². The SMILES string of the molecule is NC(N)=NCCCC(N)C(=O)NCC(=O)NC(Cc1ccc(O)cc1)C(=O)NCC(=O)O. The minimum absolute atomic E-state index is 0.0296. The van der Waals surface area contributed by atoms with Gasteiger partial charge in [0.05, 0.1) is 12.6 Å². The Hall–Kier alpha value is -3.87. The first-order valence-electron chi connectivity index (χ1n) is 9.74. The molecular weight excluding hydrogens is 422 g/mol. The molecule has 0 aliphatic heterocycles. The van der Waals surface area contributed by atoms with Gasteiger partial charge in [0.25, 0.3) is 0 Å². The number of phenolic OH excluding ortho intramolecular Hbond substituents is 1. The first kappa shape index (κ1) is 26.2. The van der Waals surface area contributed by atoms with E-state index in [2.05, 4.69) is 20.9 Å². The molecule has 176 valence electrons. The number of benzene rings is 1. The molecular formula is C19H29N7O6. The van der Waals surface area contributed by atoms with Crippen molar-refractivity contribution in [1.82, 2.24) is 16.0 Å². The Bertz CT molecular complexity index is 824. The number of carbonyl (C=O) groups excluding carboxylic acids is 3. The second kappa shape index (κ2) is 13.4. The second-order valence-corrected chi connectivity index (χ2v) is 6.88. The van der Waals surface area contributed by atoms with Crippen LogP contribution in [0.2, 0.25) is 0 Å². The number of hydrogen-bond donors (Lipinski definition) is 8. The van der Waals surface area contributed by atoms with E-state index in [1.54, 1.807) is 12.1 Å². The van der Waals surface area contributed by atoms with E-state index < -0.39 is 48.9 Å². The van der Waals surface area contributed by atoms with Crippen molar-refractivity contribution in [3.05, 3.63) is 29.8 Å². The molecule has 3 amide bonds. The van der Waals surface area contributed by atoms with Crippen LogP contribution >= 0.6 is 0 Å². The fourth-order valence-electron chi connectivity index (χ4n) is 2.56. The van der Waals surface area contributed by atoms with Gasteiger partial charge in [0.2, 0.25) is 17.7 Å².